The molecule has 2 heterocycles. The molecule has 158 valence electrons. The van der Waals surface area contributed by atoms with Crippen LogP contribution in [0.25, 0.3) is 0 Å². The van der Waals surface area contributed by atoms with Crippen LogP contribution in [0.5, 0.6) is 17.4 Å². The van der Waals surface area contributed by atoms with Gasteiger partial charge in [-0.25, -0.2) is 13.6 Å². The van der Waals surface area contributed by atoms with Gasteiger partial charge < -0.3 is 14.4 Å². The summed E-state index contributed by atoms with van der Waals surface area (Å²) in [5, 5.41) is 9.43. The Labute approximate surface area is 176 Å². The summed E-state index contributed by atoms with van der Waals surface area (Å²) >= 11 is 0. The van der Waals surface area contributed by atoms with Crippen molar-refractivity contribution in [3.63, 3.8) is 0 Å². The normalized spacial score (nSPS) is 14.8. The van der Waals surface area contributed by atoms with Crippen LogP contribution in [0.15, 0.2) is 47.3 Å². The topological polar surface area (TPSA) is 80.4 Å². The van der Waals surface area contributed by atoms with Crippen LogP contribution in [0.1, 0.15) is 18.1 Å². The van der Waals surface area contributed by atoms with Crippen molar-refractivity contribution >= 4 is 5.82 Å². The average Bonchev–Trinajstić information content (AvgIpc) is 3.04. The van der Waals surface area contributed by atoms with E-state index in [-0.39, 0.29) is 41.3 Å². The quantitative estimate of drug-likeness (QED) is 0.623. The van der Waals surface area contributed by atoms with Crippen LogP contribution < -0.4 is 20.1 Å². The molecular formula is C22H18F2N4O3. The standard InChI is InChI=1S/C22H18F2N4O3/c1-13-11-28-21(27(13)2)9-20(26-22(28)29)30-12-14-3-6-19(15(7-14)10-25)31-16-4-5-17(23)18(24)8-16/h3-9,13H,11-12H2,1-2H3. The number of likely N-dealkylation sites (N-methyl/N-ethyl adjacent to an activating group) is 1. The van der Waals surface area contributed by atoms with Crippen molar-refractivity contribution in [1.82, 2.24) is 9.55 Å². The van der Waals surface area contributed by atoms with E-state index in [2.05, 4.69) is 4.98 Å². The minimum absolute atomic E-state index is 0.0700. The molecule has 1 aromatic heterocycles. The molecule has 0 aliphatic carbocycles. The van der Waals surface area contributed by atoms with Crippen molar-refractivity contribution in [2.45, 2.75) is 26.1 Å². The van der Waals surface area contributed by atoms with Gasteiger partial charge in [0.2, 0.25) is 5.88 Å². The molecule has 4 rings (SSSR count). The third-order valence-corrected chi connectivity index (χ3v) is 5.11. The van der Waals surface area contributed by atoms with E-state index >= 15 is 0 Å². The third-order valence-electron chi connectivity index (χ3n) is 5.11. The van der Waals surface area contributed by atoms with Gasteiger partial charge in [-0.05, 0) is 36.8 Å². The van der Waals surface area contributed by atoms with Crippen molar-refractivity contribution in [2.24, 2.45) is 0 Å². The summed E-state index contributed by atoms with van der Waals surface area (Å²) in [6.07, 6.45) is 0. The summed E-state index contributed by atoms with van der Waals surface area (Å²) in [5.41, 5.74) is 0.469. The van der Waals surface area contributed by atoms with E-state index < -0.39 is 11.6 Å². The van der Waals surface area contributed by atoms with Crippen LogP contribution in [0.3, 0.4) is 0 Å². The van der Waals surface area contributed by atoms with Gasteiger partial charge in [-0.15, -0.1) is 0 Å². The molecule has 0 saturated heterocycles. The highest BCUT2D eigenvalue weighted by atomic mass is 19.2. The van der Waals surface area contributed by atoms with Gasteiger partial charge in [0, 0.05) is 31.8 Å². The molecule has 1 atom stereocenters. The van der Waals surface area contributed by atoms with Crippen molar-refractivity contribution in [3.05, 3.63) is 75.7 Å². The minimum Gasteiger partial charge on any atom is -0.473 e. The average molecular weight is 424 g/mol. The molecule has 0 bridgehead atoms. The van der Waals surface area contributed by atoms with Crippen LogP contribution >= 0.6 is 0 Å². The molecule has 0 amide bonds. The Morgan fingerprint density at radius 1 is 1.19 bits per heavy atom. The lowest BCUT2D eigenvalue weighted by molar-refractivity contribution is 0.291. The van der Waals surface area contributed by atoms with E-state index in [1.807, 2.05) is 24.9 Å². The van der Waals surface area contributed by atoms with Crippen LogP contribution in [0.2, 0.25) is 0 Å². The van der Waals surface area contributed by atoms with Crippen LogP contribution in [0, 0.1) is 23.0 Å². The molecule has 31 heavy (non-hydrogen) atoms. The Morgan fingerprint density at radius 3 is 2.74 bits per heavy atom. The number of halogens is 2. The second-order valence-electron chi connectivity index (χ2n) is 7.21. The van der Waals surface area contributed by atoms with Gasteiger partial charge >= 0.3 is 5.69 Å². The lowest BCUT2D eigenvalue weighted by atomic mass is 10.1. The SMILES string of the molecule is CC1Cn2c(cc(OCc3ccc(Oc4ccc(F)c(F)c4)c(C#N)c3)nc2=O)N1C. The molecule has 0 spiro atoms. The molecule has 0 fully saturated rings. The van der Waals surface area contributed by atoms with Gasteiger partial charge in [0.15, 0.2) is 11.6 Å². The number of ether oxygens (including phenoxy) is 2. The van der Waals surface area contributed by atoms with E-state index in [0.717, 1.165) is 18.0 Å². The van der Waals surface area contributed by atoms with E-state index in [0.29, 0.717) is 12.1 Å². The smallest absolute Gasteiger partial charge is 0.352 e. The van der Waals surface area contributed by atoms with E-state index in [1.165, 1.54) is 6.07 Å². The number of aromatic nitrogens is 2. The zero-order valence-electron chi connectivity index (χ0n) is 16.8. The lowest BCUT2D eigenvalue weighted by Gasteiger charge is -2.16. The number of anilines is 1. The highest BCUT2D eigenvalue weighted by molar-refractivity contribution is 5.48. The van der Waals surface area contributed by atoms with Gasteiger partial charge in [0.05, 0.1) is 5.56 Å². The Morgan fingerprint density at radius 2 is 2.00 bits per heavy atom. The molecule has 2 aromatic carbocycles. The fourth-order valence-electron chi connectivity index (χ4n) is 3.29. The molecular weight excluding hydrogens is 406 g/mol. The second-order valence-corrected chi connectivity index (χ2v) is 7.21. The first kappa shape index (κ1) is 20.3. The Bertz CT molecular complexity index is 1250. The Balaban J connectivity index is 1.50. The van der Waals surface area contributed by atoms with Crippen molar-refractivity contribution < 1.29 is 18.3 Å². The fourth-order valence-corrected chi connectivity index (χ4v) is 3.29. The molecule has 3 aromatic rings. The zero-order chi connectivity index (χ0) is 22.1. The van der Waals surface area contributed by atoms with Gasteiger partial charge in [-0.2, -0.15) is 10.2 Å². The lowest BCUT2D eigenvalue weighted by Crippen LogP contribution is -2.23. The largest absolute Gasteiger partial charge is 0.473 e. The van der Waals surface area contributed by atoms with E-state index in [9.17, 15) is 18.8 Å². The first-order valence-electron chi connectivity index (χ1n) is 9.49. The van der Waals surface area contributed by atoms with Crippen molar-refractivity contribution in [1.29, 1.82) is 5.26 Å². The molecule has 1 aliphatic heterocycles. The van der Waals surface area contributed by atoms with Crippen LogP contribution in [0.4, 0.5) is 14.6 Å². The Hall–Kier alpha value is -3.93. The van der Waals surface area contributed by atoms with Crippen LogP contribution in [-0.2, 0) is 13.2 Å². The summed E-state index contributed by atoms with van der Waals surface area (Å²) in [5.74, 6) is -0.838. The summed E-state index contributed by atoms with van der Waals surface area (Å²) < 4.78 is 39.2. The van der Waals surface area contributed by atoms with Gasteiger partial charge in [-0.3, -0.25) is 4.57 Å². The van der Waals surface area contributed by atoms with Gasteiger partial charge in [0.25, 0.3) is 0 Å². The summed E-state index contributed by atoms with van der Waals surface area (Å²) in [6.45, 7) is 2.67. The van der Waals surface area contributed by atoms with E-state index in [4.69, 9.17) is 9.47 Å². The molecule has 0 N–H and O–H groups in total. The first-order valence-corrected chi connectivity index (χ1v) is 9.49. The summed E-state index contributed by atoms with van der Waals surface area (Å²) in [6, 6.07) is 11.8. The number of nitriles is 1. The predicted molar refractivity (Wildman–Crippen MR) is 108 cm³/mol. The molecule has 1 unspecified atom stereocenters. The maximum absolute atomic E-state index is 13.4. The number of hydrogen-bond acceptors (Lipinski definition) is 6. The zero-order valence-corrected chi connectivity index (χ0v) is 16.8. The molecule has 7 nitrogen and oxygen atoms in total. The number of fused-ring (bicyclic) bond motifs is 1. The van der Waals surface area contributed by atoms with Crippen molar-refractivity contribution in [2.75, 3.05) is 11.9 Å². The Kier molecular flexibility index (Phi) is 5.29. The van der Waals surface area contributed by atoms with E-state index in [1.54, 1.807) is 28.8 Å². The number of benzene rings is 2. The monoisotopic (exact) mass is 424 g/mol. The fraction of sp³-hybridized carbons (Fsp3) is 0.227. The highest BCUT2D eigenvalue weighted by Crippen LogP contribution is 2.28. The molecule has 0 radical (unpaired) electrons. The summed E-state index contributed by atoms with van der Waals surface area (Å²) in [7, 11) is 1.90. The minimum atomic E-state index is -1.04. The molecule has 1 aliphatic rings. The first-order chi connectivity index (χ1) is 14.9. The number of rotatable bonds is 5. The van der Waals surface area contributed by atoms with Gasteiger partial charge in [-0.1, -0.05) is 6.07 Å². The number of nitrogens with zero attached hydrogens (tertiary/aromatic N) is 4. The summed E-state index contributed by atoms with van der Waals surface area (Å²) in [4.78, 5) is 18.2. The maximum Gasteiger partial charge on any atom is 0.352 e. The second kappa shape index (κ2) is 8.07. The molecule has 0 saturated carbocycles. The highest BCUT2D eigenvalue weighted by Gasteiger charge is 2.25. The van der Waals surface area contributed by atoms with Gasteiger partial charge in [0.1, 0.15) is 30.0 Å². The molecule has 9 heteroatoms. The predicted octanol–water partition coefficient (Wildman–Crippen LogP) is 3.60. The number of hydrogen-bond donors (Lipinski definition) is 0. The third kappa shape index (κ3) is 4.05. The van der Waals surface area contributed by atoms with Crippen LogP contribution in [-0.4, -0.2) is 22.6 Å². The van der Waals surface area contributed by atoms with Crippen molar-refractivity contribution in [3.8, 4) is 23.4 Å². The maximum atomic E-state index is 13.4.